The fourth-order valence-electron chi connectivity index (χ4n) is 4.32. The first-order chi connectivity index (χ1) is 16.1. The van der Waals surface area contributed by atoms with Crippen LogP contribution in [0.1, 0.15) is 47.6 Å². The number of hydrogen-bond acceptors (Lipinski definition) is 3. The third-order valence-electron chi connectivity index (χ3n) is 6.23. The molecule has 0 aliphatic carbocycles. The summed E-state index contributed by atoms with van der Waals surface area (Å²) in [6.07, 6.45) is 3.76. The molecule has 0 unspecified atom stereocenters. The minimum absolute atomic E-state index is 0.138. The van der Waals surface area contributed by atoms with Crippen LogP contribution in [0.3, 0.4) is 0 Å². The highest BCUT2D eigenvalue weighted by Crippen LogP contribution is 2.24. The molecule has 0 aromatic heterocycles. The Bertz CT molecular complexity index is 1100. The fourth-order valence-corrected chi connectivity index (χ4v) is 4.32. The maximum atomic E-state index is 10.8. The van der Waals surface area contributed by atoms with Crippen molar-refractivity contribution < 1.29 is 14.6 Å². The number of rotatable bonds is 9. The van der Waals surface area contributed by atoms with E-state index in [1.54, 1.807) is 0 Å². The zero-order valence-corrected chi connectivity index (χ0v) is 19.2. The molecular weight excluding hydrogens is 410 g/mol. The maximum absolute atomic E-state index is 10.8. The highest BCUT2D eigenvalue weighted by molar-refractivity contribution is 5.73. The van der Waals surface area contributed by atoms with Crippen LogP contribution in [0.5, 0.6) is 5.75 Å². The predicted molar refractivity (Wildman–Crippen MR) is 132 cm³/mol. The van der Waals surface area contributed by atoms with Crippen LogP contribution in [0.2, 0.25) is 0 Å². The number of hydrogen-bond donors (Lipinski definition) is 1. The lowest BCUT2D eigenvalue weighted by molar-refractivity contribution is -0.136. The molecule has 0 saturated heterocycles. The van der Waals surface area contributed by atoms with Gasteiger partial charge in [0.2, 0.25) is 0 Å². The van der Waals surface area contributed by atoms with Crippen molar-refractivity contribution in [3.05, 3.63) is 107 Å². The Morgan fingerprint density at radius 2 is 1.64 bits per heavy atom. The lowest BCUT2D eigenvalue weighted by Crippen LogP contribution is -2.29. The molecule has 0 bridgehead atoms. The summed E-state index contributed by atoms with van der Waals surface area (Å²) < 4.78 is 5.96. The summed E-state index contributed by atoms with van der Waals surface area (Å²) in [6.45, 7) is 5.54. The maximum Gasteiger partial charge on any atom is 0.303 e. The molecule has 170 valence electrons. The van der Waals surface area contributed by atoms with Gasteiger partial charge in [0.1, 0.15) is 12.4 Å². The second kappa shape index (κ2) is 11.0. The van der Waals surface area contributed by atoms with Crippen LogP contribution in [0.15, 0.2) is 78.9 Å². The van der Waals surface area contributed by atoms with Crippen molar-refractivity contribution in [2.24, 2.45) is 0 Å². The third kappa shape index (κ3) is 6.33. The summed E-state index contributed by atoms with van der Waals surface area (Å²) in [4.78, 5) is 13.3. The quantitative estimate of drug-likeness (QED) is 0.436. The number of allylic oxidation sites excluding steroid dienone is 2. The van der Waals surface area contributed by atoms with E-state index < -0.39 is 5.97 Å². The van der Waals surface area contributed by atoms with Crippen LogP contribution in [-0.2, 0) is 30.9 Å². The number of carboxylic acids is 1. The van der Waals surface area contributed by atoms with Crippen molar-refractivity contribution in [2.75, 3.05) is 6.54 Å². The van der Waals surface area contributed by atoms with Gasteiger partial charge in [-0.25, -0.2) is 0 Å². The standard InChI is InChI=1S/C29H31NO3/c1-2-24(13-16-29(31)32)26-11-14-28(15-12-26)33-21-23-9-7-22(8-10-23)19-30-18-17-25-5-3-4-6-27(25)20-30/h2-12,14-15H,13,16-21H2,1H3,(H,31,32). The molecule has 4 heteroatoms. The van der Waals surface area contributed by atoms with E-state index in [1.165, 1.54) is 16.7 Å². The van der Waals surface area contributed by atoms with Crippen molar-refractivity contribution in [3.63, 3.8) is 0 Å². The monoisotopic (exact) mass is 441 g/mol. The molecule has 0 radical (unpaired) electrons. The molecule has 1 aliphatic rings. The summed E-state index contributed by atoms with van der Waals surface area (Å²) >= 11 is 0. The normalized spacial score (nSPS) is 14.0. The van der Waals surface area contributed by atoms with E-state index >= 15 is 0 Å². The largest absolute Gasteiger partial charge is 0.489 e. The zero-order chi connectivity index (χ0) is 23.0. The predicted octanol–water partition coefficient (Wildman–Crippen LogP) is 6.09. The smallest absolute Gasteiger partial charge is 0.303 e. The third-order valence-corrected chi connectivity index (χ3v) is 6.23. The Balaban J connectivity index is 1.28. The van der Waals surface area contributed by atoms with E-state index in [0.29, 0.717) is 13.0 Å². The summed E-state index contributed by atoms with van der Waals surface area (Å²) in [5.41, 5.74) is 7.47. The number of carboxylic acid groups (broad SMARTS) is 1. The van der Waals surface area contributed by atoms with Crippen molar-refractivity contribution in [1.82, 2.24) is 4.90 Å². The van der Waals surface area contributed by atoms with E-state index in [2.05, 4.69) is 53.4 Å². The van der Waals surface area contributed by atoms with Crippen molar-refractivity contribution >= 4 is 11.5 Å². The molecule has 4 nitrogen and oxygen atoms in total. The van der Waals surface area contributed by atoms with Gasteiger partial charge < -0.3 is 9.84 Å². The lowest BCUT2D eigenvalue weighted by atomic mass is 9.99. The van der Waals surface area contributed by atoms with E-state index in [9.17, 15) is 4.79 Å². The molecule has 3 aromatic carbocycles. The van der Waals surface area contributed by atoms with Crippen LogP contribution in [0.4, 0.5) is 0 Å². The van der Waals surface area contributed by atoms with Crippen molar-refractivity contribution in [2.45, 2.75) is 45.9 Å². The number of fused-ring (bicyclic) bond motifs is 1. The number of carbonyl (C=O) groups is 1. The van der Waals surface area contributed by atoms with Crippen LogP contribution in [0, 0.1) is 0 Å². The Kier molecular flexibility index (Phi) is 7.59. The Hall–Kier alpha value is -3.37. The summed E-state index contributed by atoms with van der Waals surface area (Å²) in [6, 6.07) is 25.3. The first kappa shape index (κ1) is 22.8. The van der Waals surface area contributed by atoms with Gasteiger partial charge in [0.05, 0.1) is 0 Å². The molecule has 0 atom stereocenters. The van der Waals surface area contributed by atoms with Crippen molar-refractivity contribution in [3.8, 4) is 5.75 Å². The highest BCUT2D eigenvalue weighted by Gasteiger charge is 2.15. The molecule has 33 heavy (non-hydrogen) atoms. The number of aliphatic carboxylic acids is 1. The lowest BCUT2D eigenvalue weighted by Gasteiger charge is -2.28. The molecule has 1 N–H and O–H groups in total. The molecule has 1 heterocycles. The van der Waals surface area contributed by atoms with Gasteiger partial charge in [0, 0.05) is 26.1 Å². The average molecular weight is 442 g/mol. The summed E-state index contributed by atoms with van der Waals surface area (Å²) in [7, 11) is 0. The SMILES string of the molecule is CC=C(CCC(=O)O)c1ccc(OCc2ccc(CN3CCc4ccccc4C3)cc2)cc1. The highest BCUT2D eigenvalue weighted by atomic mass is 16.5. The van der Waals surface area contributed by atoms with Crippen LogP contribution >= 0.6 is 0 Å². The second-order valence-electron chi connectivity index (χ2n) is 8.57. The van der Waals surface area contributed by atoms with E-state index in [0.717, 1.165) is 48.5 Å². The van der Waals surface area contributed by atoms with Gasteiger partial charge in [-0.05, 0) is 65.3 Å². The Labute approximate surface area is 196 Å². The number of ether oxygens (including phenoxy) is 1. The Morgan fingerprint density at radius 3 is 2.33 bits per heavy atom. The minimum Gasteiger partial charge on any atom is -0.489 e. The summed E-state index contributed by atoms with van der Waals surface area (Å²) in [5.74, 6) is 0.0325. The Morgan fingerprint density at radius 1 is 0.939 bits per heavy atom. The fraction of sp³-hybridized carbons (Fsp3) is 0.276. The molecule has 0 amide bonds. The molecule has 0 fully saturated rings. The first-order valence-electron chi connectivity index (χ1n) is 11.6. The van der Waals surface area contributed by atoms with Crippen LogP contribution < -0.4 is 4.74 Å². The zero-order valence-electron chi connectivity index (χ0n) is 19.2. The van der Waals surface area contributed by atoms with Gasteiger partial charge in [-0.2, -0.15) is 0 Å². The molecular formula is C29H31NO3. The molecule has 0 saturated carbocycles. The first-order valence-corrected chi connectivity index (χ1v) is 11.6. The van der Waals surface area contributed by atoms with Gasteiger partial charge in [-0.3, -0.25) is 9.69 Å². The molecule has 0 spiro atoms. The van der Waals surface area contributed by atoms with E-state index in [1.807, 2.05) is 37.3 Å². The number of nitrogens with zero attached hydrogens (tertiary/aromatic N) is 1. The van der Waals surface area contributed by atoms with Gasteiger partial charge in [0.15, 0.2) is 0 Å². The van der Waals surface area contributed by atoms with Gasteiger partial charge in [-0.1, -0.05) is 66.7 Å². The van der Waals surface area contributed by atoms with E-state index in [-0.39, 0.29) is 6.42 Å². The van der Waals surface area contributed by atoms with Crippen molar-refractivity contribution in [1.29, 1.82) is 0 Å². The second-order valence-corrected chi connectivity index (χ2v) is 8.57. The van der Waals surface area contributed by atoms with Crippen LogP contribution in [0.25, 0.3) is 5.57 Å². The molecule has 4 rings (SSSR count). The van der Waals surface area contributed by atoms with Gasteiger partial charge in [-0.15, -0.1) is 0 Å². The molecule has 1 aliphatic heterocycles. The van der Waals surface area contributed by atoms with Crippen LogP contribution in [-0.4, -0.2) is 22.5 Å². The van der Waals surface area contributed by atoms with Gasteiger partial charge >= 0.3 is 5.97 Å². The topological polar surface area (TPSA) is 49.8 Å². The number of benzene rings is 3. The van der Waals surface area contributed by atoms with Gasteiger partial charge in [0.25, 0.3) is 0 Å². The minimum atomic E-state index is -0.776. The molecule has 3 aromatic rings. The summed E-state index contributed by atoms with van der Waals surface area (Å²) in [5, 5.41) is 8.91. The average Bonchev–Trinajstić information content (AvgIpc) is 2.84. The van der Waals surface area contributed by atoms with E-state index in [4.69, 9.17) is 9.84 Å².